The highest BCUT2D eigenvalue weighted by Crippen LogP contribution is 2.36. The summed E-state index contributed by atoms with van der Waals surface area (Å²) in [7, 11) is 2.22. The summed E-state index contributed by atoms with van der Waals surface area (Å²) in [6, 6.07) is 11.4. The first-order chi connectivity index (χ1) is 6.29. The molecule has 2 atom stereocenters. The lowest BCUT2D eigenvalue weighted by molar-refractivity contribution is 0.307. The molecular weight excluding hydrogens is 273 g/mol. The van der Waals surface area contributed by atoms with E-state index in [-0.39, 0.29) is 0 Å². The summed E-state index contributed by atoms with van der Waals surface area (Å²) in [5, 5.41) is 0. The fraction of sp³-hybridized carbons (Fsp3) is 0.455. The summed E-state index contributed by atoms with van der Waals surface area (Å²) >= 11 is 2.53. The topological polar surface area (TPSA) is 3.24 Å². The SMILES string of the molecule is CN1C(c2ccccc2)CC[C@H]1I. The van der Waals surface area contributed by atoms with Crippen molar-refractivity contribution in [1.29, 1.82) is 0 Å². The minimum absolute atomic E-state index is 0.642. The zero-order valence-corrected chi connectivity index (χ0v) is 9.94. The molecule has 1 aromatic rings. The van der Waals surface area contributed by atoms with Gasteiger partial charge in [-0.15, -0.1) is 0 Å². The molecule has 70 valence electrons. The van der Waals surface area contributed by atoms with Gasteiger partial charge >= 0.3 is 0 Å². The van der Waals surface area contributed by atoms with Gasteiger partial charge in [-0.05, 0) is 25.5 Å². The summed E-state index contributed by atoms with van der Waals surface area (Å²) in [5.74, 6) is 0. The van der Waals surface area contributed by atoms with Crippen molar-refractivity contribution in [2.45, 2.75) is 22.9 Å². The Balaban J connectivity index is 2.19. The van der Waals surface area contributed by atoms with Crippen LogP contribution in [-0.2, 0) is 0 Å². The fourth-order valence-corrected chi connectivity index (χ4v) is 2.72. The van der Waals surface area contributed by atoms with Gasteiger partial charge in [0.2, 0.25) is 0 Å². The molecule has 1 nitrogen and oxygen atoms in total. The van der Waals surface area contributed by atoms with Gasteiger partial charge in [-0.2, -0.15) is 0 Å². The molecule has 0 saturated carbocycles. The maximum atomic E-state index is 2.53. The van der Waals surface area contributed by atoms with Crippen LogP contribution >= 0.6 is 22.6 Å². The van der Waals surface area contributed by atoms with E-state index in [9.17, 15) is 0 Å². The molecule has 1 unspecified atom stereocenters. The predicted octanol–water partition coefficient (Wildman–Crippen LogP) is 3.21. The van der Waals surface area contributed by atoms with E-state index in [1.165, 1.54) is 18.4 Å². The monoisotopic (exact) mass is 287 g/mol. The quantitative estimate of drug-likeness (QED) is 0.435. The van der Waals surface area contributed by atoms with Crippen LogP contribution in [0.2, 0.25) is 0 Å². The van der Waals surface area contributed by atoms with Gasteiger partial charge in [0.15, 0.2) is 0 Å². The fourth-order valence-electron chi connectivity index (χ4n) is 1.97. The molecule has 13 heavy (non-hydrogen) atoms. The zero-order valence-electron chi connectivity index (χ0n) is 7.78. The van der Waals surface area contributed by atoms with Crippen LogP contribution in [0.3, 0.4) is 0 Å². The van der Waals surface area contributed by atoms with Crippen LogP contribution in [0.1, 0.15) is 24.4 Å². The molecule has 0 aliphatic carbocycles. The first-order valence-corrected chi connectivity index (χ1v) is 5.94. The molecule has 1 aromatic carbocycles. The molecule has 2 rings (SSSR count). The van der Waals surface area contributed by atoms with Gasteiger partial charge in [0, 0.05) is 6.04 Å². The smallest absolute Gasteiger partial charge is 0.0621 e. The summed E-state index contributed by atoms with van der Waals surface area (Å²) in [6.07, 6.45) is 2.62. The molecule has 0 radical (unpaired) electrons. The van der Waals surface area contributed by atoms with E-state index in [4.69, 9.17) is 0 Å². The standard InChI is InChI=1S/C11H14IN/c1-13-10(7-8-11(13)12)9-5-3-2-4-6-9/h2-6,10-11H,7-8H2,1H3/t10?,11-/m0/s1. The Bertz CT molecular complexity index is 273. The number of alkyl halides is 1. The van der Waals surface area contributed by atoms with Crippen LogP contribution < -0.4 is 0 Å². The molecule has 1 aliphatic rings. The Morgan fingerprint density at radius 2 is 1.92 bits per heavy atom. The van der Waals surface area contributed by atoms with E-state index in [1.807, 2.05) is 0 Å². The average Bonchev–Trinajstić information content (AvgIpc) is 2.49. The third kappa shape index (κ3) is 1.89. The zero-order chi connectivity index (χ0) is 9.26. The van der Waals surface area contributed by atoms with Crippen LogP contribution in [0.5, 0.6) is 0 Å². The first kappa shape index (κ1) is 9.46. The van der Waals surface area contributed by atoms with E-state index in [0.29, 0.717) is 10.1 Å². The van der Waals surface area contributed by atoms with Gasteiger partial charge in [0.1, 0.15) is 0 Å². The van der Waals surface area contributed by atoms with E-state index >= 15 is 0 Å². The average molecular weight is 287 g/mol. The van der Waals surface area contributed by atoms with Crippen molar-refractivity contribution in [3.8, 4) is 0 Å². The third-order valence-corrected chi connectivity index (χ3v) is 4.30. The summed E-state index contributed by atoms with van der Waals surface area (Å²) in [5.41, 5.74) is 1.46. The maximum Gasteiger partial charge on any atom is 0.0621 e. The second-order valence-electron chi connectivity index (χ2n) is 3.60. The van der Waals surface area contributed by atoms with Crippen molar-refractivity contribution in [3.05, 3.63) is 35.9 Å². The van der Waals surface area contributed by atoms with Gasteiger partial charge in [0.05, 0.1) is 4.05 Å². The van der Waals surface area contributed by atoms with Crippen LogP contribution in [0.25, 0.3) is 0 Å². The second kappa shape index (κ2) is 3.96. The number of likely N-dealkylation sites (tertiary alicyclic amines) is 1. The summed E-state index contributed by atoms with van der Waals surface area (Å²) < 4.78 is 0.711. The normalized spacial score (nSPS) is 29.4. The largest absolute Gasteiger partial charge is 0.288 e. The number of nitrogens with zero attached hydrogens (tertiary/aromatic N) is 1. The molecule has 0 amide bonds. The summed E-state index contributed by atoms with van der Waals surface area (Å²) in [4.78, 5) is 2.47. The van der Waals surface area contributed by atoms with Crippen molar-refractivity contribution in [2.75, 3.05) is 7.05 Å². The van der Waals surface area contributed by atoms with Gasteiger partial charge in [-0.25, -0.2) is 0 Å². The Morgan fingerprint density at radius 1 is 1.23 bits per heavy atom. The van der Waals surface area contributed by atoms with E-state index in [0.717, 1.165) is 0 Å². The Kier molecular flexibility index (Phi) is 2.89. The first-order valence-electron chi connectivity index (χ1n) is 4.70. The maximum absolute atomic E-state index is 2.53. The van der Waals surface area contributed by atoms with Crippen LogP contribution in [0.4, 0.5) is 0 Å². The Labute approximate surface area is 93.3 Å². The lowest BCUT2D eigenvalue weighted by Crippen LogP contribution is -2.22. The minimum Gasteiger partial charge on any atom is -0.288 e. The molecule has 0 bridgehead atoms. The molecule has 0 aromatic heterocycles. The van der Waals surface area contributed by atoms with Crippen LogP contribution in [0.15, 0.2) is 30.3 Å². The molecule has 0 N–H and O–H groups in total. The molecule has 1 fully saturated rings. The van der Waals surface area contributed by atoms with Crippen molar-refractivity contribution in [2.24, 2.45) is 0 Å². The predicted molar refractivity (Wildman–Crippen MR) is 64.0 cm³/mol. The molecule has 1 saturated heterocycles. The molecule has 1 heterocycles. The highest BCUT2D eigenvalue weighted by atomic mass is 127. The minimum atomic E-state index is 0.642. The van der Waals surface area contributed by atoms with Crippen LogP contribution in [-0.4, -0.2) is 16.0 Å². The lowest BCUT2D eigenvalue weighted by atomic mass is 10.1. The number of hydrogen-bond acceptors (Lipinski definition) is 1. The molecular formula is C11H14IN. The van der Waals surface area contributed by atoms with Crippen LogP contribution in [0, 0.1) is 0 Å². The van der Waals surface area contributed by atoms with Gasteiger partial charge in [-0.3, -0.25) is 4.90 Å². The van der Waals surface area contributed by atoms with Crippen molar-refractivity contribution in [1.82, 2.24) is 4.90 Å². The number of rotatable bonds is 1. The van der Waals surface area contributed by atoms with Crippen molar-refractivity contribution in [3.63, 3.8) is 0 Å². The Morgan fingerprint density at radius 3 is 2.46 bits per heavy atom. The highest BCUT2D eigenvalue weighted by molar-refractivity contribution is 14.1. The number of halogens is 1. The van der Waals surface area contributed by atoms with Crippen molar-refractivity contribution >= 4 is 22.6 Å². The van der Waals surface area contributed by atoms with Gasteiger partial charge in [-0.1, -0.05) is 52.9 Å². The van der Waals surface area contributed by atoms with E-state index in [1.54, 1.807) is 0 Å². The second-order valence-corrected chi connectivity index (χ2v) is 5.04. The van der Waals surface area contributed by atoms with Gasteiger partial charge < -0.3 is 0 Å². The highest BCUT2D eigenvalue weighted by Gasteiger charge is 2.28. The summed E-state index contributed by atoms with van der Waals surface area (Å²) in [6.45, 7) is 0. The molecule has 0 spiro atoms. The van der Waals surface area contributed by atoms with E-state index in [2.05, 4.69) is 64.9 Å². The molecule has 2 heteroatoms. The van der Waals surface area contributed by atoms with Crippen molar-refractivity contribution < 1.29 is 0 Å². The third-order valence-electron chi connectivity index (χ3n) is 2.80. The lowest BCUT2D eigenvalue weighted by Gasteiger charge is -2.22. The molecule has 1 aliphatic heterocycles. The van der Waals surface area contributed by atoms with Gasteiger partial charge in [0.25, 0.3) is 0 Å². The number of hydrogen-bond donors (Lipinski definition) is 0. The Hall–Kier alpha value is -0.0900. The van der Waals surface area contributed by atoms with E-state index < -0.39 is 0 Å². The number of benzene rings is 1.